The Hall–Kier alpha value is -0.603. The van der Waals surface area contributed by atoms with E-state index in [0.717, 1.165) is 0 Å². The molecule has 16 heavy (non-hydrogen) atoms. The molecule has 0 atom stereocenters. The molecule has 0 saturated carbocycles. The van der Waals surface area contributed by atoms with Crippen LogP contribution in [0.5, 0.6) is 0 Å². The smallest absolute Gasteiger partial charge is 0.0599 e. The van der Waals surface area contributed by atoms with Crippen LogP contribution in [0.4, 0.5) is 0 Å². The molecule has 1 aromatic rings. The van der Waals surface area contributed by atoms with E-state index in [1.54, 1.807) is 11.1 Å². The zero-order valence-electron chi connectivity index (χ0n) is 10.8. The molecule has 0 radical (unpaired) electrons. The lowest BCUT2D eigenvalue weighted by atomic mass is 10.0. The molecule has 0 fully saturated rings. The summed E-state index contributed by atoms with van der Waals surface area (Å²) in [5, 5.41) is 0. The molecular formula is C14H23NSi. The maximum absolute atomic E-state index is 2.66. The average molecular weight is 233 g/mol. The number of aryl methyl sites for hydroxylation is 1. The van der Waals surface area contributed by atoms with Crippen molar-refractivity contribution in [2.75, 3.05) is 12.7 Å². The van der Waals surface area contributed by atoms with Crippen molar-refractivity contribution in [3.8, 4) is 0 Å². The molecule has 0 aromatic heterocycles. The Balaban J connectivity index is 2.11. The van der Waals surface area contributed by atoms with Gasteiger partial charge in [0.15, 0.2) is 0 Å². The highest BCUT2D eigenvalue weighted by Crippen LogP contribution is 2.19. The molecule has 0 N–H and O–H groups in total. The quantitative estimate of drug-likeness (QED) is 0.708. The summed E-state index contributed by atoms with van der Waals surface area (Å²) in [4.78, 5) is 2.66. The van der Waals surface area contributed by atoms with Crippen LogP contribution in [0, 0.1) is 0 Å². The summed E-state index contributed by atoms with van der Waals surface area (Å²) in [5.41, 5.74) is 3.12. The van der Waals surface area contributed by atoms with Gasteiger partial charge in [0, 0.05) is 6.54 Å². The van der Waals surface area contributed by atoms with Crippen molar-refractivity contribution in [2.24, 2.45) is 0 Å². The first-order chi connectivity index (χ1) is 7.54. The summed E-state index contributed by atoms with van der Waals surface area (Å²) in [6.45, 7) is 9.83. The predicted molar refractivity (Wildman–Crippen MR) is 73.4 cm³/mol. The number of benzene rings is 1. The Morgan fingerprint density at radius 2 is 1.81 bits per heavy atom. The molecule has 0 amide bonds. The van der Waals surface area contributed by atoms with E-state index < -0.39 is 8.07 Å². The summed E-state index contributed by atoms with van der Waals surface area (Å²) >= 11 is 0. The van der Waals surface area contributed by atoms with Crippen LogP contribution in [0.2, 0.25) is 19.6 Å². The number of rotatable bonds is 2. The monoisotopic (exact) mass is 233 g/mol. The van der Waals surface area contributed by atoms with E-state index in [-0.39, 0.29) is 0 Å². The zero-order chi connectivity index (χ0) is 11.6. The zero-order valence-corrected chi connectivity index (χ0v) is 11.8. The van der Waals surface area contributed by atoms with Crippen molar-refractivity contribution >= 4 is 8.07 Å². The summed E-state index contributed by atoms with van der Waals surface area (Å²) in [7, 11) is -0.962. The van der Waals surface area contributed by atoms with Gasteiger partial charge in [-0.15, -0.1) is 0 Å². The van der Waals surface area contributed by atoms with Crippen LogP contribution in [0.1, 0.15) is 17.5 Å². The van der Waals surface area contributed by atoms with Gasteiger partial charge in [0.25, 0.3) is 0 Å². The molecule has 0 bridgehead atoms. The molecule has 1 aliphatic rings. The minimum absolute atomic E-state index is 0.962. The van der Waals surface area contributed by atoms with Gasteiger partial charge in [-0.05, 0) is 36.7 Å². The van der Waals surface area contributed by atoms with Crippen LogP contribution in [-0.4, -0.2) is 25.7 Å². The maximum Gasteiger partial charge on any atom is 0.0599 e. The normalized spacial score (nSPS) is 17.9. The Morgan fingerprint density at radius 1 is 1.12 bits per heavy atom. The fourth-order valence-corrected chi connectivity index (χ4v) is 4.19. The summed E-state index contributed by atoms with van der Waals surface area (Å²) in [5.74, 6) is 0. The second-order valence-corrected chi connectivity index (χ2v) is 11.6. The summed E-state index contributed by atoms with van der Waals surface area (Å²) in [6, 6.07) is 8.95. The molecule has 1 heterocycles. The first-order valence-electron chi connectivity index (χ1n) is 6.34. The molecule has 2 rings (SSSR count). The third kappa shape index (κ3) is 3.19. The van der Waals surface area contributed by atoms with Crippen LogP contribution in [0.15, 0.2) is 24.3 Å². The summed E-state index contributed by atoms with van der Waals surface area (Å²) < 4.78 is 0. The predicted octanol–water partition coefficient (Wildman–Crippen LogP) is 3.31. The van der Waals surface area contributed by atoms with E-state index in [1.165, 1.54) is 32.1 Å². The second-order valence-electron chi connectivity index (χ2n) is 6.14. The average Bonchev–Trinajstić information content (AvgIpc) is 2.36. The van der Waals surface area contributed by atoms with Crippen LogP contribution in [-0.2, 0) is 13.0 Å². The molecule has 1 aliphatic heterocycles. The van der Waals surface area contributed by atoms with Gasteiger partial charge in [0.05, 0.1) is 8.07 Å². The van der Waals surface area contributed by atoms with Gasteiger partial charge in [-0.25, -0.2) is 0 Å². The Kier molecular flexibility index (Phi) is 3.50. The minimum atomic E-state index is -0.962. The lowest BCUT2D eigenvalue weighted by molar-refractivity contribution is 0.309. The molecule has 0 aliphatic carbocycles. The lowest BCUT2D eigenvalue weighted by Gasteiger charge is -2.27. The molecule has 88 valence electrons. The highest BCUT2D eigenvalue weighted by Gasteiger charge is 2.20. The molecule has 1 aromatic carbocycles. The molecule has 0 saturated heterocycles. The van der Waals surface area contributed by atoms with Gasteiger partial charge in [0.2, 0.25) is 0 Å². The Labute approximate surface area is 100 Å². The number of hydrogen-bond acceptors (Lipinski definition) is 1. The van der Waals surface area contributed by atoms with Crippen molar-refractivity contribution in [3.63, 3.8) is 0 Å². The van der Waals surface area contributed by atoms with Gasteiger partial charge >= 0.3 is 0 Å². The molecule has 2 heteroatoms. The van der Waals surface area contributed by atoms with Crippen molar-refractivity contribution in [3.05, 3.63) is 35.4 Å². The van der Waals surface area contributed by atoms with E-state index in [4.69, 9.17) is 0 Å². The van der Waals surface area contributed by atoms with E-state index >= 15 is 0 Å². The second kappa shape index (κ2) is 4.72. The highest BCUT2D eigenvalue weighted by atomic mass is 28.3. The third-order valence-corrected chi connectivity index (χ3v) is 4.53. The SMILES string of the molecule is C[Si](C)(C)CN1CCCc2ccccc2C1. The van der Waals surface area contributed by atoms with E-state index in [9.17, 15) is 0 Å². The number of fused-ring (bicyclic) bond motifs is 1. The van der Waals surface area contributed by atoms with Crippen LogP contribution in [0.3, 0.4) is 0 Å². The van der Waals surface area contributed by atoms with Gasteiger partial charge in [-0.2, -0.15) is 0 Å². The molecule has 0 unspecified atom stereocenters. The largest absolute Gasteiger partial charge is 0.302 e. The van der Waals surface area contributed by atoms with Crippen molar-refractivity contribution < 1.29 is 0 Å². The van der Waals surface area contributed by atoms with E-state index in [2.05, 4.69) is 48.8 Å². The minimum Gasteiger partial charge on any atom is -0.302 e. The number of nitrogens with zero attached hydrogens (tertiary/aromatic N) is 1. The van der Waals surface area contributed by atoms with Gasteiger partial charge in [0.1, 0.15) is 0 Å². The van der Waals surface area contributed by atoms with E-state index in [0.29, 0.717) is 0 Å². The van der Waals surface area contributed by atoms with Crippen molar-refractivity contribution in [1.29, 1.82) is 0 Å². The highest BCUT2D eigenvalue weighted by molar-refractivity contribution is 6.76. The fourth-order valence-electron chi connectivity index (χ4n) is 2.57. The van der Waals surface area contributed by atoms with Gasteiger partial charge in [-0.3, -0.25) is 0 Å². The fraction of sp³-hybridized carbons (Fsp3) is 0.571. The Bertz CT molecular complexity index is 354. The van der Waals surface area contributed by atoms with Crippen LogP contribution >= 0.6 is 0 Å². The first-order valence-corrected chi connectivity index (χ1v) is 10.0. The van der Waals surface area contributed by atoms with E-state index in [1.807, 2.05) is 0 Å². The maximum atomic E-state index is 2.66. The van der Waals surface area contributed by atoms with Crippen LogP contribution in [0.25, 0.3) is 0 Å². The lowest BCUT2D eigenvalue weighted by Crippen LogP contribution is -2.39. The van der Waals surface area contributed by atoms with Crippen molar-refractivity contribution in [2.45, 2.75) is 39.0 Å². The van der Waals surface area contributed by atoms with Crippen LogP contribution < -0.4 is 0 Å². The molecule has 1 nitrogen and oxygen atoms in total. The standard InChI is InChI=1S/C14H23NSi/c1-16(2,3)12-15-10-6-9-13-7-4-5-8-14(13)11-15/h4-5,7-8H,6,9-12H2,1-3H3. The summed E-state index contributed by atoms with van der Waals surface area (Å²) in [6.07, 6.45) is 3.92. The Morgan fingerprint density at radius 3 is 2.50 bits per heavy atom. The molecule has 0 spiro atoms. The number of hydrogen-bond donors (Lipinski definition) is 0. The first kappa shape index (κ1) is 11.9. The van der Waals surface area contributed by atoms with Gasteiger partial charge < -0.3 is 4.90 Å². The van der Waals surface area contributed by atoms with Gasteiger partial charge in [-0.1, -0.05) is 43.9 Å². The topological polar surface area (TPSA) is 3.24 Å². The van der Waals surface area contributed by atoms with Crippen molar-refractivity contribution in [1.82, 2.24) is 4.90 Å². The molecular weight excluding hydrogens is 210 g/mol. The third-order valence-electron chi connectivity index (χ3n) is 3.13.